The van der Waals surface area contributed by atoms with Crippen LogP contribution < -0.4 is 0 Å². The number of hydrogen-bond donors (Lipinski definition) is 1. The molecule has 0 saturated carbocycles. The van der Waals surface area contributed by atoms with Gasteiger partial charge in [0.25, 0.3) is 0 Å². The van der Waals surface area contributed by atoms with Gasteiger partial charge in [-0.25, -0.2) is 0 Å². The van der Waals surface area contributed by atoms with Crippen LogP contribution in [0.4, 0.5) is 0 Å². The second-order valence-corrected chi connectivity index (χ2v) is 3.59. The number of carboxylic acids is 1. The Hall–Kier alpha value is -1.47. The van der Waals surface area contributed by atoms with E-state index in [4.69, 9.17) is 10.4 Å². The molecule has 0 bridgehead atoms. The van der Waals surface area contributed by atoms with Gasteiger partial charge < -0.3 is 5.11 Å². The predicted molar refractivity (Wildman–Crippen MR) is 53.9 cm³/mol. The van der Waals surface area contributed by atoms with Gasteiger partial charge in [0, 0.05) is 11.3 Å². The third kappa shape index (κ3) is 3.50. The fourth-order valence-electron chi connectivity index (χ4n) is 1.03. The minimum Gasteiger partial charge on any atom is -0.481 e. The molecule has 1 N–H and O–H groups in total. The summed E-state index contributed by atoms with van der Waals surface area (Å²) in [5.41, 5.74) is 0.981. The molecule has 0 spiro atoms. The maximum atomic E-state index is 10.3. The summed E-state index contributed by atoms with van der Waals surface area (Å²) in [6.07, 6.45) is 0.678. The normalized spacial score (nSPS) is 9.36. The van der Waals surface area contributed by atoms with Crippen molar-refractivity contribution in [2.45, 2.75) is 17.7 Å². The van der Waals surface area contributed by atoms with Crippen LogP contribution in [-0.2, 0) is 11.2 Å². The van der Waals surface area contributed by atoms with Crippen molar-refractivity contribution in [2.24, 2.45) is 0 Å². The molecule has 72 valence electrons. The number of thioether (sulfide) groups is 1. The Morgan fingerprint density at radius 1 is 1.43 bits per heavy atom. The molecule has 0 fully saturated rings. The van der Waals surface area contributed by atoms with Gasteiger partial charge >= 0.3 is 5.97 Å². The molecule has 4 heteroatoms. The number of nitrogens with zero attached hydrogens (tertiary/aromatic N) is 1. The number of nitriles is 1. The molecule has 0 aromatic heterocycles. The van der Waals surface area contributed by atoms with Crippen molar-refractivity contribution in [3.63, 3.8) is 0 Å². The number of carboxylic acid groups (broad SMARTS) is 1. The molecule has 0 aliphatic carbocycles. The number of carbonyl (C=O) groups is 1. The van der Waals surface area contributed by atoms with Crippen LogP contribution in [0.15, 0.2) is 29.2 Å². The Morgan fingerprint density at radius 2 is 2.07 bits per heavy atom. The lowest BCUT2D eigenvalue weighted by atomic mass is 10.1. The molecular formula is C10H9NO2S. The third-order valence-corrected chi connectivity index (χ3v) is 2.31. The first-order valence-corrected chi connectivity index (χ1v) is 4.90. The second kappa shape index (κ2) is 5.30. The van der Waals surface area contributed by atoms with Crippen molar-refractivity contribution in [1.29, 1.82) is 5.26 Å². The number of aliphatic carboxylic acids is 1. The van der Waals surface area contributed by atoms with E-state index in [1.165, 1.54) is 0 Å². The minimum absolute atomic E-state index is 0.144. The zero-order valence-corrected chi connectivity index (χ0v) is 8.25. The van der Waals surface area contributed by atoms with Gasteiger partial charge in [0.2, 0.25) is 0 Å². The summed E-state index contributed by atoms with van der Waals surface area (Å²) in [5, 5.41) is 18.8. The fraction of sp³-hybridized carbons (Fsp3) is 0.200. The Labute approximate surface area is 86.4 Å². The topological polar surface area (TPSA) is 61.1 Å². The maximum Gasteiger partial charge on any atom is 0.303 e. The first kappa shape index (κ1) is 10.6. The van der Waals surface area contributed by atoms with E-state index < -0.39 is 5.97 Å². The number of aryl methyl sites for hydroxylation is 1. The molecule has 14 heavy (non-hydrogen) atoms. The van der Waals surface area contributed by atoms with Crippen LogP contribution in [0.25, 0.3) is 0 Å². The highest BCUT2D eigenvalue weighted by Crippen LogP contribution is 2.17. The standard InChI is InChI=1S/C10H9NO2S/c11-7-14-9-4-1-8(2-5-9)3-6-10(12)13/h1-2,4-5H,3,6H2,(H,12,13). The zero-order chi connectivity index (χ0) is 10.4. The molecule has 0 heterocycles. The van der Waals surface area contributed by atoms with E-state index in [0.29, 0.717) is 6.42 Å². The summed E-state index contributed by atoms with van der Waals surface area (Å²) in [6.45, 7) is 0. The molecule has 0 atom stereocenters. The van der Waals surface area contributed by atoms with E-state index in [1.807, 2.05) is 29.7 Å². The molecular weight excluding hydrogens is 198 g/mol. The van der Waals surface area contributed by atoms with Crippen molar-refractivity contribution in [3.05, 3.63) is 29.8 Å². The number of thiocyanates is 1. The largest absolute Gasteiger partial charge is 0.481 e. The summed E-state index contributed by atoms with van der Waals surface area (Å²) >= 11 is 1.10. The van der Waals surface area contributed by atoms with Gasteiger partial charge in [-0.3, -0.25) is 4.79 Å². The molecule has 3 nitrogen and oxygen atoms in total. The Balaban J connectivity index is 2.56. The maximum absolute atomic E-state index is 10.3. The molecule has 1 aromatic rings. The third-order valence-electron chi connectivity index (χ3n) is 1.71. The molecule has 0 saturated heterocycles. The molecule has 0 radical (unpaired) electrons. The first-order valence-electron chi connectivity index (χ1n) is 4.09. The van der Waals surface area contributed by atoms with Gasteiger partial charge in [0.1, 0.15) is 5.40 Å². The SMILES string of the molecule is N#CSc1ccc(CCC(=O)O)cc1. The summed E-state index contributed by atoms with van der Waals surface area (Å²) < 4.78 is 0. The lowest BCUT2D eigenvalue weighted by Gasteiger charge is -1.98. The number of hydrogen-bond acceptors (Lipinski definition) is 3. The van der Waals surface area contributed by atoms with Crippen LogP contribution in [-0.4, -0.2) is 11.1 Å². The van der Waals surface area contributed by atoms with Crippen LogP contribution in [0.2, 0.25) is 0 Å². The Morgan fingerprint density at radius 3 is 2.57 bits per heavy atom. The highest BCUT2D eigenvalue weighted by Gasteiger charge is 1.99. The number of rotatable bonds is 4. The Bertz CT molecular complexity index is 353. The van der Waals surface area contributed by atoms with Crippen LogP contribution in [0.5, 0.6) is 0 Å². The van der Waals surface area contributed by atoms with Crippen molar-refractivity contribution >= 4 is 17.7 Å². The van der Waals surface area contributed by atoms with Gasteiger partial charge in [-0.2, -0.15) is 5.26 Å². The van der Waals surface area contributed by atoms with Crippen molar-refractivity contribution in [3.8, 4) is 5.40 Å². The van der Waals surface area contributed by atoms with E-state index >= 15 is 0 Å². The lowest BCUT2D eigenvalue weighted by Crippen LogP contribution is -1.96. The summed E-state index contributed by atoms with van der Waals surface area (Å²) in [6, 6.07) is 7.35. The second-order valence-electron chi connectivity index (χ2n) is 2.73. The lowest BCUT2D eigenvalue weighted by molar-refractivity contribution is -0.136. The van der Waals surface area contributed by atoms with E-state index in [9.17, 15) is 4.79 Å². The molecule has 0 aliphatic rings. The van der Waals surface area contributed by atoms with Crippen LogP contribution >= 0.6 is 11.8 Å². The Kier molecular flexibility index (Phi) is 4.02. The van der Waals surface area contributed by atoms with Crippen LogP contribution in [0.3, 0.4) is 0 Å². The summed E-state index contributed by atoms with van der Waals surface area (Å²) in [4.78, 5) is 11.2. The van der Waals surface area contributed by atoms with Crippen molar-refractivity contribution < 1.29 is 9.90 Å². The van der Waals surface area contributed by atoms with E-state index in [0.717, 1.165) is 22.2 Å². The fourth-order valence-corrected chi connectivity index (χ4v) is 1.41. The van der Waals surface area contributed by atoms with Crippen LogP contribution in [0, 0.1) is 10.7 Å². The van der Waals surface area contributed by atoms with Gasteiger partial charge in [-0.15, -0.1) is 0 Å². The highest BCUT2D eigenvalue weighted by molar-refractivity contribution is 8.03. The van der Waals surface area contributed by atoms with Crippen molar-refractivity contribution in [1.82, 2.24) is 0 Å². The molecule has 1 aromatic carbocycles. The van der Waals surface area contributed by atoms with Gasteiger partial charge in [-0.05, 0) is 35.9 Å². The van der Waals surface area contributed by atoms with Gasteiger partial charge in [0.05, 0.1) is 0 Å². The monoisotopic (exact) mass is 207 g/mol. The van der Waals surface area contributed by atoms with E-state index in [-0.39, 0.29) is 6.42 Å². The van der Waals surface area contributed by atoms with Crippen molar-refractivity contribution in [2.75, 3.05) is 0 Å². The average molecular weight is 207 g/mol. The zero-order valence-electron chi connectivity index (χ0n) is 7.43. The van der Waals surface area contributed by atoms with Gasteiger partial charge in [0.15, 0.2) is 0 Å². The smallest absolute Gasteiger partial charge is 0.303 e. The van der Waals surface area contributed by atoms with Gasteiger partial charge in [-0.1, -0.05) is 12.1 Å². The highest BCUT2D eigenvalue weighted by atomic mass is 32.2. The average Bonchev–Trinajstić information content (AvgIpc) is 2.17. The number of benzene rings is 1. The molecule has 0 amide bonds. The van der Waals surface area contributed by atoms with E-state index in [1.54, 1.807) is 0 Å². The quantitative estimate of drug-likeness (QED) is 0.607. The van der Waals surface area contributed by atoms with E-state index in [2.05, 4.69) is 0 Å². The molecule has 0 unspecified atom stereocenters. The van der Waals surface area contributed by atoms with Crippen LogP contribution in [0.1, 0.15) is 12.0 Å². The minimum atomic E-state index is -0.791. The first-order chi connectivity index (χ1) is 6.72. The molecule has 1 rings (SSSR count). The summed E-state index contributed by atoms with van der Waals surface area (Å²) in [5.74, 6) is -0.791. The predicted octanol–water partition coefficient (Wildman–Crippen LogP) is 2.28. The molecule has 0 aliphatic heterocycles. The summed E-state index contributed by atoms with van der Waals surface area (Å²) in [7, 11) is 0.